The molecule has 3 N–H and O–H groups in total. The SMILES string of the molecule is CCNC(=NCC1(CCO)CCOC1)NC1CC1c1ccc(Br)cc1.I. The van der Waals surface area contributed by atoms with Crippen molar-refractivity contribution in [2.75, 3.05) is 32.9 Å². The molecule has 3 rings (SSSR count). The van der Waals surface area contributed by atoms with E-state index in [4.69, 9.17) is 9.73 Å². The van der Waals surface area contributed by atoms with Gasteiger partial charge in [-0.15, -0.1) is 24.0 Å². The zero-order chi connectivity index (χ0) is 17.7. The molecule has 1 saturated heterocycles. The van der Waals surface area contributed by atoms with Crippen LogP contribution >= 0.6 is 39.9 Å². The van der Waals surface area contributed by atoms with Gasteiger partial charge in [0.15, 0.2) is 5.96 Å². The van der Waals surface area contributed by atoms with E-state index in [1.54, 1.807) is 0 Å². The molecular formula is C19H29BrIN3O2. The van der Waals surface area contributed by atoms with E-state index in [0.717, 1.165) is 42.8 Å². The lowest BCUT2D eigenvalue weighted by molar-refractivity contribution is 0.131. The fraction of sp³-hybridized carbons (Fsp3) is 0.632. The fourth-order valence-electron chi connectivity index (χ4n) is 3.46. The number of hydrogen-bond acceptors (Lipinski definition) is 3. The molecule has 0 bridgehead atoms. The average Bonchev–Trinajstić information content (AvgIpc) is 3.21. The van der Waals surface area contributed by atoms with E-state index >= 15 is 0 Å². The second-order valence-electron chi connectivity index (χ2n) is 7.12. The molecule has 1 aromatic carbocycles. The van der Waals surface area contributed by atoms with E-state index in [9.17, 15) is 5.11 Å². The highest BCUT2D eigenvalue weighted by molar-refractivity contribution is 14.0. The molecule has 7 heteroatoms. The monoisotopic (exact) mass is 537 g/mol. The maximum Gasteiger partial charge on any atom is 0.191 e. The number of halogens is 2. The number of ether oxygens (including phenoxy) is 1. The summed E-state index contributed by atoms with van der Waals surface area (Å²) in [7, 11) is 0. The predicted molar refractivity (Wildman–Crippen MR) is 119 cm³/mol. The van der Waals surface area contributed by atoms with Crippen LogP contribution in [0.2, 0.25) is 0 Å². The minimum Gasteiger partial charge on any atom is -0.396 e. The van der Waals surface area contributed by atoms with Gasteiger partial charge in [-0.25, -0.2) is 0 Å². The molecule has 3 unspecified atom stereocenters. The van der Waals surface area contributed by atoms with Crippen molar-refractivity contribution in [3.8, 4) is 0 Å². The van der Waals surface area contributed by atoms with Gasteiger partial charge in [0.05, 0.1) is 13.2 Å². The van der Waals surface area contributed by atoms with Gasteiger partial charge in [0.2, 0.25) is 0 Å². The first kappa shape index (κ1) is 21.9. The van der Waals surface area contributed by atoms with Gasteiger partial charge in [0, 0.05) is 41.6 Å². The molecule has 0 aromatic heterocycles. The van der Waals surface area contributed by atoms with Crippen LogP contribution in [-0.2, 0) is 4.74 Å². The van der Waals surface area contributed by atoms with Gasteiger partial charge >= 0.3 is 0 Å². The number of benzene rings is 1. The smallest absolute Gasteiger partial charge is 0.191 e. The Bertz CT molecular complexity index is 591. The van der Waals surface area contributed by atoms with Crippen molar-refractivity contribution in [1.82, 2.24) is 10.6 Å². The highest BCUT2D eigenvalue weighted by Crippen LogP contribution is 2.41. The molecule has 2 fully saturated rings. The van der Waals surface area contributed by atoms with E-state index < -0.39 is 0 Å². The highest BCUT2D eigenvalue weighted by Gasteiger charge is 2.39. The quantitative estimate of drug-likeness (QED) is 0.284. The van der Waals surface area contributed by atoms with Crippen molar-refractivity contribution in [3.05, 3.63) is 34.3 Å². The minimum absolute atomic E-state index is 0. The van der Waals surface area contributed by atoms with Crippen molar-refractivity contribution >= 4 is 45.9 Å². The molecule has 1 saturated carbocycles. The van der Waals surface area contributed by atoms with Crippen molar-refractivity contribution in [1.29, 1.82) is 0 Å². The maximum atomic E-state index is 9.36. The van der Waals surface area contributed by atoms with Gasteiger partial charge in [-0.2, -0.15) is 0 Å². The van der Waals surface area contributed by atoms with Crippen molar-refractivity contribution in [2.24, 2.45) is 10.4 Å². The van der Waals surface area contributed by atoms with E-state index in [1.807, 2.05) is 0 Å². The van der Waals surface area contributed by atoms with Crippen LogP contribution in [0.5, 0.6) is 0 Å². The Hall–Kier alpha value is -0.380. The second kappa shape index (κ2) is 10.2. The number of hydrogen-bond donors (Lipinski definition) is 3. The Labute approximate surface area is 181 Å². The van der Waals surface area contributed by atoms with Crippen LogP contribution in [0.4, 0.5) is 0 Å². The van der Waals surface area contributed by atoms with Gasteiger partial charge < -0.3 is 20.5 Å². The number of nitrogens with one attached hydrogen (secondary N) is 2. The second-order valence-corrected chi connectivity index (χ2v) is 8.03. The molecule has 1 aliphatic heterocycles. The molecule has 2 aliphatic rings. The van der Waals surface area contributed by atoms with Crippen LogP contribution in [-0.4, -0.2) is 50.0 Å². The van der Waals surface area contributed by atoms with Gasteiger partial charge in [-0.1, -0.05) is 28.1 Å². The zero-order valence-corrected chi connectivity index (χ0v) is 19.1. The summed E-state index contributed by atoms with van der Waals surface area (Å²) in [4.78, 5) is 4.80. The Kier molecular flexibility index (Phi) is 8.63. The third-order valence-electron chi connectivity index (χ3n) is 5.15. The van der Waals surface area contributed by atoms with Crippen molar-refractivity contribution in [3.63, 3.8) is 0 Å². The lowest BCUT2D eigenvalue weighted by Crippen LogP contribution is -2.40. The lowest BCUT2D eigenvalue weighted by atomic mass is 9.84. The molecule has 1 heterocycles. The van der Waals surface area contributed by atoms with Crippen LogP contribution < -0.4 is 10.6 Å². The molecule has 0 spiro atoms. The Balaban J connectivity index is 0.00000243. The number of aliphatic hydroxyl groups excluding tert-OH is 1. The summed E-state index contributed by atoms with van der Waals surface area (Å²) in [5, 5.41) is 16.3. The molecule has 0 radical (unpaired) electrons. The predicted octanol–water partition coefficient (Wildman–Crippen LogP) is 3.27. The van der Waals surface area contributed by atoms with E-state index in [2.05, 4.69) is 57.8 Å². The van der Waals surface area contributed by atoms with Gasteiger partial charge in [0.1, 0.15) is 0 Å². The summed E-state index contributed by atoms with van der Waals surface area (Å²) in [5.74, 6) is 1.43. The van der Waals surface area contributed by atoms with Crippen LogP contribution in [0.25, 0.3) is 0 Å². The normalized spacial score (nSPS) is 27.7. The molecule has 0 amide bonds. The van der Waals surface area contributed by atoms with Crippen LogP contribution in [0.15, 0.2) is 33.7 Å². The number of aliphatic hydroxyl groups is 1. The number of rotatable bonds is 7. The largest absolute Gasteiger partial charge is 0.396 e. The van der Waals surface area contributed by atoms with Gasteiger partial charge in [-0.05, 0) is 43.9 Å². The minimum atomic E-state index is -0.00817. The summed E-state index contributed by atoms with van der Waals surface area (Å²) >= 11 is 3.49. The lowest BCUT2D eigenvalue weighted by Gasteiger charge is -2.25. The first-order valence-electron chi connectivity index (χ1n) is 9.15. The van der Waals surface area contributed by atoms with Crippen LogP contribution in [0, 0.1) is 5.41 Å². The highest BCUT2D eigenvalue weighted by atomic mass is 127. The maximum absolute atomic E-state index is 9.36. The van der Waals surface area contributed by atoms with Crippen LogP contribution in [0.1, 0.15) is 37.7 Å². The van der Waals surface area contributed by atoms with E-state index in [0.29, 0.717) is 25.1 Å². The molecule has 3 atom stereocenters. The van der Waals surface area contributed by atoms with Gasteiger partial charge in [0.25, 0.3) is 0 Å². The summed E-state index contributed by atoms with van der Waals surface area (Å²) in [5.41, 5.74) is 1.36. The summed E-state index contributed by atoms with van der Waals surface area (Å²) in [6.45, 7) is 5.27. The Morgan fingerprint density at radius 2 is 2.15 bits per heavy atom. The zero-order valence-electron chi connectivity index (χ0n) is 15.2. The molecule has 26 heavy (non-hydrogen) atoms. The molecular weight excluding hydrogens is 509 g/mol. The fourth-order valence-corrected chi connectivity index (χ4v) is 3.73. The average molecular weight is 538 g/mol. The van der Waals surface area contributed by atoms with Crippen LogP contribution in [0.3, 0.4) is 0 Å². The third-order valence-corrected chi connectivity index (χ3v) is 5.68. The topological polar surface area (TPSA) is 65.9 Å². The first-order valence-corrected chi connectivity index (χ1v) is 9.94. The summed E-state index contributed by atoms with van der Waals surface area (Å²) < 4.78 is 6.67. The van der Waals surface area contributed by atoms with Crippen molar-refractivity contribution in [2.45, 2.75) is 38.1 Å². The van der Waals surface area contributed by atoms with E-state index in [-0.39, 0.29) is 36.0 Å². The first-order chi connectivity index (χ1) is 12.2. The Morgan fingerprint density at radius 1 is 1.38 bits per heavy atom. The molecule has 1 aromatic rings. The Morgan fingerprint density at radius 3 is 2.77 bits per heavy atom. The molecule has 1 aliphatic carbocycles. The third kappa shape index (κ3) is 5.81. The standard InChI is InChI=1S/C19H28BrN3O2.HI/c1-2-21-18(22-12-19(7-9-24)8-10-25-13-19)23-17-11-16(17)14-3-5-15(20)6-4-14;/h3-6,16-17,24H,2,7-13H2,1H3,(H2,21,22,23);1H. The summed E-state index contributed by atoms with van der Waals surface area (Å²) in [6.07, 6.45) is 2.86. The summed E-state index contributed by atoms with van der Waals surface area (Å²) in [6, 6.07) is 9.01. The number of guanidine groups is 1. The van der Waals surface area contributed by atoms with Crippen molar-refractivity contribution < 1.29 is 9.84 Å². The number of nitrogens with zero attached hydrogens (tertiary/aromatic N) is 1. The molecule has 5 nitrogen and oxygen atoms in total. The van der Waals surface area contributed by atoms with Gasteiger partial charge in [-0.3, -0.25) is 4.99 Å². The molecule has 146 valence electrons. The number of aliphatic imine (C=N–C) groups is 1. The van der Waals surface area contributed by atoms with E-state index in [1.165, 1.54) is 5.56 Å².